The second-order valence-electron chi connectivity index (χ2n) is 7.35. The molecule has 0 radical (unpaired) electrons. The lowest BCUT2D eigenvalue weighted by atomic mass is 10.0. The standard InChI is InChI=1S/C26H22ClN3O/c1-3-31-26-11-6-19(15-29-26)16-30-17-22(24-10-9-23(27)13-25(24)30)12-21(14-28)20-7-4-18(2)5-8-20/h4-13,15,17H,3,16H2,1-2H3/b21-12+. The minimum atomic E-state index is 0.588. The largest absolute Gasteiger partial charge is 0.478 e. The van der Waals surface area contributed by atoms with Gasteiger partial charge < -0.3 is 9.30 Å². The number of aryl methyl sites for hydroxylation is 1. The summed E-state index contributed by atoms with van der Waals surface area (Å²) in [6.07, 6.45) is 5.82. The van der Waals surface area contributed by atoms with Crippen molar-refractivity contribution in [3.8, 4) is 11.9 Å². The number of pyridine rings is 1. The van der Waals surface area contributed by atoms with Crippen molar-refractivity contribution in [2.45, 2.75) is 20.4 Å². The van der Waals surface area contributed by atoms with Crippen molar-refractivity contribution in [1.82, 2.24) is 9.55 Å². The van der Waals surface area contributed by atoms with E-state index in [1.54, 1.807) is 0 Å². The Labute approximate surface area is 187 Å². The zero-order valence-electron chi connectivity index (χ0n) is 17.5. The third-order valence-electron chi connectivity index (χ3n) is 5.10. The van der Waals surface area contributed by atoms with Crippen LogP contribution in [0, 0.1) is 18.3 Å². The fourth-order valence-electron chi connectivity index (χ4n) is 3.54. The molecule has 4 aromatic rings. The van der Waals surface area contributed by atoms with Crippen molar-refractivity contribution in [3.05, 3.63) is 94.3 Å². The van der Waals surface area contributed by atoms with E-state index in [1.165, 1.54) is 0 Å². The molecule has 0 amide bonds. The van der Waals surface area contributed by atoms with Crippen molar-refractivity contribution >= 4 is 34.2 Å². The van der Waals surface area contributed by atoms with Gasteiger partial charge in [0.05, 0.1) is 23.8 Å². The van der Waals surface area contributed by atoms with Crippen LogP contribution < -0.4 is 4.74 Å². The SMILES string of the molecule is CCOc1ccc(Cn2cc(/C=C(\C#N)c3ccc(C)cc3)c3ccc(Cl)cc32)cn1. The molecule has 0 bridgehead atoms. The highest BCUT2D eigenvalue weighted by Crippen LogP contribution is 2.29. The number of hydrogen-bond acceptors (Lipinski definition) is 3. The van der Waals surface area contributed by atoms with E-state index in [9.17, 15) is 5.26 Å². The van der Waals surface area contributed by atoms with Crippen LogP contribution in [0.2, 0.25) is 5.02 Å². The van der Waals surface area contributed by atoms with Crippen molar-refractivity contribution in [3.63, 3.8) is 0 Å². The van der Waals surface area contributed by atoms with E-state index in [1.807, 2.05) is 80.7 Å². The first-order chi connectivity index (χ1) is 15.1. The van der Waals surface area contributed by atoms with E-state index in [4.69, 9.17) is 16.3 Å². The van der Waals surface area contributed by atoms with Gasteiger partial charge in [-0.05, 0) is 43.2 Å². The molecule has 0 aliphatic carbocycles. The van der Waals surface area contributed by atoms with Gasteiger partial charge in [0.15, 0.2) is 0 Å². The highest BCUT2D eigenvalue weighted by atomic mass is 35.5. The number of nitrogens with zero attached hydrogens (tertiary/aromatic N) is 3. The number of rotatable bonds is 6. The zero-order chi connectivity index (χ0) is 21.8. The second-order valence-corrected chi connectivity index (χ2v) is 7.78. The molecule has 2 aromatic heterocycles. The summed E-state index contributed by atoms with van der Waals surface area (Å²) in [5, 5.41) is 11.5. The van der Waals surface area contributed by atoms with Crippen LogP contribution in [0.25, 0.3) is 22.6 Å². The van der Waals surface area contributed by atoms with Crippen LogP contribution in [0.1, 0.15) is 29.2 Å². The topological polar surface area (TPSA) is 50.8 Å². The maximum atomic E-state index is 9.77. The average Bonchev–Trinajstić information content (AvgIpc) is 3.10. The van der Waals surface area contributed by atoms with Crippen molar-refractivity contribution in [1.29, 1.82) is 5.26 Å². The van der Waals surface area contributed by atoms with Crippen LogP contribution in [0.3, 0.4) is 0 Å². The quantitative estimate of drug-likeness (QED) is 0.329. The fraction of sp³-hybridized carbons (Fsp3) is 0.154. The summed E-state index contributed by atoms with van der Waals surface area (Å²) in [6, 6.07) is 20.0. The van der Waals surface area contributed by atoms with Crippen LogP contribution in [-0.4, -0.2) is 16.2 Å². The molecule has 0 fully saturated rings. The molecule has 0 saturated heterocycles. The lowest BCUT2D eigenvalue weighted by Gasteiger charge is -2.07. The maximum absolute atomic E-state index is 9.77. The smallest absolute Gasteiger partial charge is 0.213 e. The maximum Gasteiger partial charge on any atom is 0.213 e. The Kier molecular flexibility index (Phi) is 6.06. The molecule has 0 N–H and O–H groups in total. The van der Waals surface area contributed by atoms with Crippen LogP contribution in [-0.2, 0) is 6.54 Å². The lowest BCUT2D eigenvalue weighted by Crippen LogP contribution is -2.00. The van der Waals surface area contributed by atoms with E-state index in [-0.39, 0.29) is 0 Å². The molecule has 4 rings (SSSR count). The third kappa shape index (κ3) is 4.63. The lowest BCUT2D eigenvalue weighted by molar-refractivity contribution is 0.326. The molecule has 154 valence electrons. The molecule has 0 spiro atoms. The summed E-state index contributed by atoms with van der Waals surface area (Å²) in [6.45, 7) is 5.20. The Hall–Kier alpha value is -3.55. The molecule has 0 saturated carbocycles. The molecule has 2 aromatic carbocycles. The first-order valence-electron chi connectivity index (χ1n) is 10.1. The molecule has 5 heteroatoms. The summed E-state index contributed by atoms with van der Waals surface area (Å²) in [4.78, 5) is 4.36. The predicted molar refractivity (Wildman–Crippen MR) is 126 cm³/mol. The summed E-state index contributed by atoms with van der Waals surface area (Å²) in [5.74, 6) is 0.618. The number of nitriles is 1. The molecule has 0 atom stereocenters. The number of allylic oxidation sites excluding steroid dienone is 1. The summed E-state index contributed by atoms with van der Waals surface area (Å²) in [7, 11) is 0. The van der Waals surface area contributed by atoms with Gasteiger partial charge in [0, 0.05) is 41.0 Å². The molecule has 0 unspecified atom stereocenters. The first-order valence-corrected chi connectivity index (χ1v) is 10.5. The summed E-state index contributed by atoms with van der Waals surface area (Å²) < 4.78 is 7.57. The highest BCUT2D eigenvalue weighted by Gasteiger charge is 2.11. The van der Waals surface area contributed by atoms with Gasteiger partial charge in [0.2, 0.25) is 5.88 Å². The number of fused-ring (bicyclic) bond motifs is 1. The zero-order valence-corrected chi connectivity index (χ0v) is 18.2. The Morgan fingerprint density at radius 3 is 2.65 bits per heavy atom. The Balaban J connectivity index is 1.75. The molecule has 0 aliphatic heterocycles. The van der Waals surface area contributed by atoms with Crippen molar-refractivity contribution < 1.29 is 4.74 Å². The Bertz CT molecular complexity index is 1280. The minimum absolute atomic E-state index is 0.588. The molecule has 0 aliphatic rings. The number of benzene rings is 2. The summed E-state index contributed by atoms with van der Waals surface area (Å²) in [5.41, 5.74) is 5.72. The predicted octanol–water partition coefficient (Wildman–Crippen LogP) is 6.51. The highest BCUT2D eigenvalue weighted by molar-refractivity contribution is 6.31. The van der Waals surface area contributed by atoms with E-state index in [0.29, 0.717) is 29.6 Å². The van der Waals surface area contributed by atoms with E-state index in [0.717, 1.165) is 33.2 Å². The van der Waals surface area contributed by atoms with Gasteiger partial charge in [-0.2, -0.15) is 5.26 Å². The Morgan fingerprint density at radius 2 is 1.97 bits per heavy atom. The molecule has 2 heterocycles. The van der Waals surface area contributed by atoms with Crippen molar-refractivity contribution in [2.75, 3.05) is 6.61 Å². The van der Waals surface area contributed by atoms with Crippen LogP contribution in [0.15, 0.2) is 67.0 Å². The third-order valence-corrected chi connectivity index (χ3v) is 5.34. The number of halogens is 1. The second kappa shape index (κ2) is 9.07. The number of hydrogen-bond donors (Lipinski definition) is 0. The monoisotopic (exact) mass is 427 g/mol. The van der Waals surface area contributed by atoms with E-state index >= 15 is 0 Å². The first kappa shape index (κ1) is 20.7. The molecular formula is C26H22ClN3O. The summed E-state index contributed by atoms with van der Waals surface area (Å²) >= 11 is 6.29. The Morgan fingerprint density at radius 1 is 1.16 bits per heavy atom. The van der Waals surface area contributed by atoms with E-state index in [2.05, 4.69) is 21.8 Å². The van der Waals surface area contributed by atoms with Crippen LogP contribution in [0.4, 0.5) is 0 Å². The van der Waals surface area contributed by atoms with Gasteiger partial charge in [-0.15, -0.1) is 0 Å². The minimum Gasteiger partial charge on any atom is -0.478 e. The fourth-order valence-corrected chi connectivity index (χ4v) is 3.71. The van der Waals surface area contributed by atoms with E-state index < -0.39 is 0 Å². The van der Waals surface area contributed by atoms with Gasteiger partial charge >= 0.3 is 0 Å². The van der Waals surface area contributed by atoms with Crippen LogP contribution >= 0.6 is 11.6 Å². The average molecular weight is 428 g/mol. The van der Waals surface area contributed by atoms with Crippen LogP contribution in [0.5, 0.6) is 5.88 Å². The van der Waals surface area contributed by atoms with Gasteiger partial charge in [0.25, 0.3) is 0 Å². The number of aromatic nitrogens is 2. The van der Waals surface area contributed by atoms with Crippen molar-refractivity contribution in [2.24, 2.45) is 0 Å². The molecule has 31 heavy (non-hydrogen) atoms. The van der Waals surface area contributed by atoms with Gasteiger partial charge in [-0.1, -0.05) is 53.6 Å². The van der Waals surface area contributed by atoms with Gasteiger partial charge in [-0.25, -0.2) is 4.98 Å². The normalized spacial score (nSPS) is 11.5. The molecular weight excluding hydrogens is 406 g/mol. The molecule has 4 nitrogen and oxygen atoms in total. The van der Waals surface area contributed by atoms with Gasteiger partial charge in [0.1, 0.15) is 0 Å². The van der Waals surface area contributed by atoms with Gasteiger partial charge in [-0.3, -0.25) is 0 Å². The number of ether oxygens (including phenoxy) is 1.